The minimum absolute atomic E-state index is 0.163. The Morgan fingerprint density at radius 3 is 2.44 bits per heavy atom. The van der Waals surface area contributed by atoms with Crippen molar-refractivity contribution < 1.29 is 4.40 Å². The van der Waals surface area contributed by atoms with Gasteiger partial charge < -0.3 is 5.73 Å². The second-order valence-corrected chi connectivity index (χ2v) is 10.0. The zero-order valence-electron chi connectivity index (χ0n) is 19.8. The van der Waals surface area contributed by atoms with Crippen LogP contribution >= 0.6 is 0 Å². The molecule has 5 aromatic rings. The van der Waals surface area contributed by atoms with E-state index in [1.54, 1.807) is 0 Å². The van der Waals surface area contributed by atoms with Crippen LogP contribution in [0.1, 0.15) is 44.5 Å². The summed E-state index contributed by atoms with van der Waals surface area (Å²) in [6.45, 7) is 4.46. The van der Waals surface area contributed by atoms with Crippen molar-refractivity contribution in [3.63, 3.8) is 0 Å². The molecule has 3 heterocycles. The Balaban J connectivity index is 1.57. The van der Waals surface area contributed by atoms with Gasteiger partial charge in [-0.05, 0) is 60.6 Å². The molecule has 1 aliphatic rings. The molecule has 2 N–H and O–H groups in total. The van der Waals surface area contributed by atoms with Gasteiger partial charge in [-0.25, -0.2) is 4.40 Å². The average Bonchev–Trinajstić information content (AvgIpc) is 3.21. The lowest BCUT2D eigenvalue weighted by atomic mass is 9.73. The first-order valence-corrected chi connectivity index (χ1v) is 12.2. The van der Waals surface area contributed by atoms with Crippen LogP contribution in [0.15, 0.2) is 79.1 Å². The fourth-order valence-corrected chi connectivity index (χ4v) is 5.02. The summed E-state index contributed by atoms with van der Waals surface area (Å²) in [6, 6.07) is 23.4. The van der Waals surface area contributed by atoms with Gasteiger partial charge in [0.2, 0.25) is 0 Å². The maximum Gasteiger partial charge on any atom is 0.283 e. The number of rotatable bonds is 5. The monoisotopic (exact) mass is 448 g/mol. The van der Waals surface area contributed by atoms with E-state index in [1.165, 1.54) is 12.0 Å². The lowest BCUT2D eigenvalue weighted by molar-refractivity contribution is -0.521. The van der Waals surface area contributed by atoms with Gasteiger partial charge in [0.15, 0.2) is 0 Å². The number of benzene rings is 2. The molecule has 0 unspecified atom stereocenters. The van der Waals surface area contributed by atoms with Crippen LogP contribution in [0, 0.1) is 5.92 Å². The van der Waals surface area contributed by atoms with Gasteiger partial charge in [0.05, 0.1) is 17.1 Å². The first kappa shape index (κ1) is 21.0. The van der Waals surface area contributed by atoms with Crippen molar-refractivity contribution >= 4 is 16.6 Å². The van der Waals surface area contributed by atoms with Crippen molar-refractivity contribution in [3.05, 3.63) is 90.5 Å². The molecule has 5 heteroatoms. The molecule has 0 radical (unpaired) electrons. The lowest BCUT2D eigenvalue weighted by Crippen LogP contribution is -2.43. The van der Waals surface area contributed by atoms with Gasteiger partial charge >= 0.3 is 0 Å². The molecular formula is C29H30N5+. The van der Waals surface area contributed by atoms with Gasteiger partial charge in [0.25, 0.3) is 11.5 Å². The number of nitrogens with two attached hydrogens (primary N) is 1. The van der Waals surface area contributed by atoms with Crippen LogP contribution < -0.4 is 10.1 Å². The minimum Gasteiger partial charge on any atom is -0.321 e. The largest absolute Gasteiger partial charge is 0.321 e. The molecule has 5 nitrogen and oxygen atoms in total. The van der Waals surface area contributed by atoms with Crippen molar-refractivity contribution in [1.29, 1.82) is 0 Å². The number of pyridine rings is 2. The number of hydrogen-bond donors (Lipinski definition) is 1. The van der Waals surface area contributed by atoms with Crippen LogP contribution in [0.5, 0.6) is 0 Å². The van der Waals surface area contributed by atoms with E-state index in [0.717, 1.165) is 58.5 Å². The zero-order chi connectivity index (χ0) is 23.3. The highest BCUT2D eigenvalue weighted by atomic mass is 15.4. The molecule has 1 aliphatic carbocycles. The van der Waals surface area contributed by atoms with Crippen molar-refractivity contribution in [2.75, 3.05) is 0 Å². The number of aromatic nitrogens is 4. The van der Waals surface area contributed by atoms with E-state index in [4.69, 9.17) is 15.8 Å². The normalized spacial score (nSPS) is 15.2. The molecule has 34 heavy (non-hydrogen) atoms. The van der Waals surface area contributed by atoms with Crippen molar-refractivity contribution in [1.82, 2.24) is 14.8 Å². The topological polar surface area (TPSA) is 60.8 Å². The molecule has 1 saturated carbocycles. The zero-order valence-corrected chi connectivity index (χ0v) is 19.8. The molecule has 0 amide bonds. The summed E-state index contributed by atoms with van der Waals surface area (Å²) < 4.78 is 4.30. The molecule has 0 aliphatic heterocycles. The smallest absolute Gasteiger partial charge is 0.283 e. The van der Waals surface area contributed by atoms with Crippen molar-refractivity contribution in [2.24, 2.45) is 11.7 Å². The predicted octanol–water partition coefficient (Wildman–Crippen LogP) is 5.36. The van der Waals surface area contributed by atoms with E-state index in [1.807, 2.05) is 12.3 Å². The van der Waals surface area contributed by atoms with Crippen LogP contribution in [-0.2, 0) is 12.0 Å². The van der Waals surface area contributed by atoms with Gasteiger partial charge in [-0.15, -0.1) is 0 Å². The summed E-state index contributed by atoms with van der Waals surface area (Å²) in [5.74, 6) is 1.55. The maximum atomic E-state index is 6.57. The highest BCUT2D eigenvalue weighted by molar-refractivity contribution is 5.92. The van der Waals surface area contributed by atoms with Gasteiger partial charge in [-0.1, -0.05) is 61.0 Å². The first-order valence-electron chi connectivity index (χ1n) is 12.2. The van der Waals surface area contributed by atoms with Crippen molar-refractivity contribution in [2.45, 2.75) is 45.1 Å². The third kappa shape index (κ3) is 3.48. The molecule has 0 saturated heterocycles. The van der Waals surface area contributed by atoms with Gasteiger partial charge in [-0.2, -0.15) is 0 Å². The Bertz CT molecular complexity index is 1480. The number of nitrogens with zero attached hydrogens (tertiary/aromatic N) is 4. The standard InChI is InChI=1S/C29H30N5/c1-20(2)17-27-32-34(24-11-9-23(10-12-24)29(30)14-6-15-29)28-25-18-22(21-7-4-3-5-8-21)19-31-26(25)13-16-33(27)28/h3-5,7-13,16,18-20H,6,14-15,17,30H2,1-2H3/q+1. The summed E-state index contributed by atoms with van der Waals surface area (Å²) in [7, 11) is 0. The SMILES string of the molecule is CC(C)Cc1nn(-c2ccc(C3(N)CCC3)cc2)c2c3cc(-c4ccccc4)cnc3cc[n+]12. The lowest BCUT2D eigenvalue weighted by Gasteiger charge is -2.38. The van der Waals surface area contributed by atoms with E-state index in [2.05, 4.69) is 89.8 Å². The third-order valence-electron chi connectivity index (χ3n) is 7.09. The highest BCUT2D eigenvalue weighted by Gasteiger charge is 2.34. The molecule has 170 valence electrons. The molecule has 2 aromatic carbocycles. The van der Waals surface area contributed by atoms with Crippen molar-refractivity contribution in [3.8, 4) is 16.8 Å². The molecule has 0 bridgehead atoms. The summed E-state index contributed by atoms with van der Waals surface area (Å²) >= 11 is 0. The van der Waals surface area contributed by atoms with Crippen LogP contribution in [0.4, 0.5) is 0 Å². The highest BCUT2D eigenvalue weighted by Crippen LogP contribution is 2.38. The molecule has 1 fully saturated rings. The Kier molecular flexibility index (Phi) is 4.96. The van der Waals surface area contributed by atoms with E-state index < -0.39 is 0 Å². The number of hydrogen-bond acceptors (Lipinski definition) is 3. The van der Waals surface area contributed by atoms with E-state index in [-0.39, 0.29) is 5.54 Å². The van der Waals surface area contributed by atoms with E-state index >= 15 is 0 Å². The summed E-state index contributed by atoms with van der Waals surface area (Å²) in [5.41, 5.74) is 12.9. The summed E-state index contributed by atoms with van der Waals surface area (Å²) in [5, 5.41) is 6.19. The Morgan fingerprint density at radius 2 is 1.76 bits per heavy atom. The van der Waals surface area contributed by atoms with Gasteiger partial charge in [0.1, 0.15) is 5.69 Å². The first-order chi connectivity index (χ1) is 16.5. The third-order valence-corrected chi connectivity index (χ3v) is 7.09. The molecule has 3 aromatic heterocycles. The quantitative estimate of drug-likeness (QED) is 0.368. The number of fused-ring (bicyclic) bond motifs is 3. The predicted molar refractivity (Wildman–Crippen MR) is 136 cm³/mol. The fourth-order valence-electron chi connectivity index (χ4n) is 5.02. The fraction of sp³-hybridized carbons (Fsp3) is 0.276. The summed E-state index contributed by atoms with van der Waals surface area (Å²) in [4.78, 5) is 4.81. The Hall–Kier alpha value is -3.57. The molecule has 0 spiro atoms. The van der Waals surface area contributed by atoms with E-state index in [0.29, 0.717) is 5.92 Å². The second-order valence-electron chi connectivity index (χ2n) is 10.0. The van der Waals surface area contributed by atoms with E-state index in [9.17, 15) is 0 Å². The Morgan fingerprint density at radius 1 is 1.00 bits per heavy atom. The summed E-state index contributed by atoms with van der Waals surface area (Å²) in [6.07, 6.45) is 8.28. The molecule has 6 rings (SSSR count). The molecule has 0 atom stereocenters. The van der Waals surface area contributed by atoms with Crippen LogP contribution in [0.25, 0.3) is 33.4 Å². The Labute approximate surface area is 199 Å². The van der Waals surface area contributed by atoms with Gasteiger partial charge in [-0.3, -0.25) is 4.98 Å². The van der Waals surface area contributed by atoms with Crippen LogP contribution in [0.3, 0.4) is 0 Å². The average molecular weight is 449 g/mol. The van der Waals surface area contributed by atoms with Crippen LogP contribution in [-0.4, -0.2) is 14.8 Å². The molecular weight excluding hydrogens is 418 g/mol. The maximum absolute atomic E-state index is 6.57. The van der Waals surface area contributed by atoms with Gasteiger partial charge in [0, 0.05) is 28.8 Å². The second kappa shape index (κ2) is 8.03. The van der Waals surface area contributed by atoms with Crippen LogP contribution in [0.2, 0.25) is 0 Å². The minimum atomic E-state index is -0.163.